The Morgan fingerprint density at radius 3 is 3.00 bits per heavy atom. The van der Waals surface area contributed by atoms with Crippen LogP contribution in [0.15, 0.2) is 24.3 Å². The normalized spacial score (nSPS) is 33.9. The number of esters is 1. The summed E-state index contributed by atoms with van der Waals surface area (Å²) >= 11 is 0. The molecule has 2 aliphatic rings. The second kappa shape index (κ2) is 10.00. The molecule has 2 N–H and O–H groups in total. The van der Waals surface area contributed by atoms with Crippen LogP contribution < -0.4 is 0 Å². The number of unbranched alkanes of at least 4 members (excludes halogenated alkanes) is 2. The highest BCUT2D eigenvalue weighted by Crippen LogP contribution is 2.38. The number of ether oxygens (including phenoxy) is 1. The zero-order valence-corrected chi connectivity index (χ0v) is 14.8. The van der Waals surface area contributed by atoms with Gasteiger partial charge in [0, 0.05) is 24.7 Å². The van der Waals surface area contributed by atoms with Crippen molar-refractivity contribution in [3.05, 3.63) is 24.3 Å². The molecular formula is C20H32O4. The first kappa shape index (κ1) is 19.2. The average Bonchev–Trinajstić information content (AvgIpc) is 2.84. The van der Waals surface area contributed by atoms with Gasteiger partial charge in [-0.3, -0.25) is 4.79 Å². The minimum atomic E-state index is -0.513. The van der Waals surface area contributed by atoms with Crippen molar-refractivity contribution in [1.82, 2.24) is 0 Å². The van der Waals surface area contributed by atoms with Gasteiger partial charge in [0.05, 0.1) is 12.2 Å². The number of aliphatic hydroxyl groups is 2. The van der Waals surface area contributed by atoms with Gasteiger partial charge in [0.2, 0.25) is 0 Å². The zero-order chi connectivity index (χ0) is 17.4. The Balaban J connectivity index is 1.99. The number of fused-ring (bicyclic) bond motifs is 1. The van der Waals surface area contributed by atoms with Gasteiger partial charge in [0.1, 0.15) is 6.10 Å². The van der Waals surface area contributed by atoms with Crippen molar-refractivity contribution in [3.63, 3.8) is 0 Å². The van der Waals surface area contributed by atoms with Gasteiger partial charge in [-0.05, 0) is 25.7 Å². The molecule has 0 bridgehead atoms. The second-order valence-electron chi connectivity index (χ2n) is 7.12. The topological polar surface area (TPSA) is 66.8 Å². The summed E-state index contributed by atoms with van der Waals surface area (Å²) in [6.45, 7) is 2.14. The molecule has 5 atom stereocenters. The molecule has 0 aromatic heterocycles. The van der Waals surface area contributed by atoms with E-state index in [0.29, 0.717) is 12.8 Å². The van der Waals surface area contributed by atoms with Crippen LogP contribution in [0.3, 0.4) is 0 Å². The average molecular weight is 336 g/mol. The summed E-state index contributed by atoms with van der Waals surface area (Å²) in [4.78, 5) is 11.9. The Morgan fingerprint density at radius 1 is 1.38 bits per heavy atom. The van der Waals surface area contributed by atoms with E-state index in [-0.39, 0.29) is 23.9 Å². The summed E-state index contributed by atoms with van der Waals surface area (Å²) in [7, 11) is 0. The largest absolute Gasteiger partial charge is 0.462 e. The number of carbonyl (C=O) groups excluding carboxylic acids is 1. The lowest BCUT2D eigenvalue weighted by Gasteiger charge is -2.23. The molecule has 0 aromatic carbocycles. The highest BCUT2D eigenvalue weighted by molar-refractivity contribution is 5.69. The Kier molecular flexibility index (Phi) is 8.00. The lowest BCUT2D eigenvalue weighted by molar-refractivity contribution is -0.151. The van der Waals surface area contributed by atoms with Gasteiger partial charge >= 0.3 is 5.97 Å². The van der Waals surface area contributed by atoms with E-state index >= 15 is 0 Å². The number of hydrogen-bond donors (Lipinski definition) is 2. The molecule has 0 aromatic rings. The third-order valence-electron chi connectivity index (χ3n) is 5.16. The van der Waals surface area contributed by atoms with E-state index in [1.807, 2.05) is 12.2 Å². The molecule has 0 unspecified atom stereocenters. The predicted molar refractivity (Wildman–Crippen MR) is 94.4 cm³/mol. The molecule has 2 rings (SSSR count). The quantitative estimate of drug-likeness (QED) is 0.442. The summed E-state index contributed by atoms with van der Waals surface area (Å²) in [6.07, 6.45) is 14.3. The van der Waals surface area contributed by atoms with Crippen molar-refractivity contribution in [1.29, 1.82) is 0 Å². The van der Waals surface area contributed by atoms with E-state index in [4.69, 9.17) is 4.74 Å². The fourth-order valence-corrected chi connectivity index (χ4v) is 3.74. The minimum Gasteiger partial charge on any atom is -0.462 e. The minimum absolute atomic E-state index is 0.0623. The Hall–Kier alpha value is -1.13. The van der Waals surface area contributed by atoms with Gasteiger partial charge < -0.3 is 14.9 Å². The van der Waals surface area contributed by atoms with E-state index in [1.165, 1.54) is 0 Å². The molecule has 1 aliphatic heterocycles. The molecule has 136 valence electrons. The standard InChI is InChI=1S/C20H32O4/c1-2-3-6-9-15(21)12-13-16-17-10-7-4-5-8-11-20(23)24-19(17)14-18(16)22/h4,7,12-13,15-19,21-22H,2-3,5-6,8-11,14H2,1H3/b7-4-,13-12+/t15-,16+,17+,18-,19+/m0/s1. The number of carbonyl (C=O) groups is 1. The van der Waals surface area contributed by atoms with E-state index in [2.05, 4.69) is 19.1 Å². The van der Waals surface area contributed by atoms with Crippen LogP contribution in [-0.2, 0) is 9.53 Å². The fourth-order valence-electron chi connectivity index (χ4n) is 3.74. The van der Waals surface area contributed by atoms with Crippen LogP contribution in [0.25, 0.3) is 0 Å². The lowest BCUT2D eigenvalue weighted by Crippen LogP contribution is -2.25. The summed E-state index contributed by atoms with van der Waals surface area (Å²) in [5, 5.41) is 20.5. The predicted octanol–water partition coefficient (Wildman–Crippen LogP) is 3.52. The second-order valence-corrected chi connectivity index (χ2v) is 7.12. The summed E-state index contributed by atoms with van der Waals surface area (Å²) < 4.78 is 5.61. The van der Waals surface area contributed by atoms with Crippen molar-refractivity contribution in [2.24, 2.45) is 11.8 Å². The monoisotopic (exact) mass is 336 g/mol. The van der Waals surface area contributed by atoms with Gasteiger partial charge in [-0.2, -0.15) is 0 Å². The molecule has 0 saturated heterocycles. The molecule has 0 spiro atoms. The summed E-state index contributed by atoms with van der Waals surface area (Å²) in [5.74, 6) is -0.123. The van der Waals surface area contributed by atoms with Gasteiger partial charge in [-0.25, -0.2) is 0 Å². The maximum Gasteiger partial charge on any atom is 0.306 e. The first-order chi connectivity index (χ1) is 11.6. The Bertz CT molecular complexity index is 443. The number of rotatable bonds is 6. The molecule has 1 aliphatic carbocycles. The van der Waals surface area contributed by atoms with Crippen molar-refractivity contribution < 1.29 is 19.7 Å². The van der Waals surface area contributed by atoms with Gasteiger partial charge in [0.15, 0.2) is 0 Å². The van der Waals surface area contributed by atoms with E-state index in [9.17, 15) is 15.0 Å². The van der Waals surface area contributed by atoms with Crippen LogP contribution in [0.1, 0.15) is 64.7 Å². The van der Waals surface area contributed by atoms with Crippen LogP contribution in [0, 0.1) is 11.8 Å². The highest BCUT2D eigenvalue weighted by Gasteiger charge is 2.42. The molecule has 24 heavy (non-hydrogen) atoms. The molecule has 0 amide bonds. The van der Waals surface area contributed by atoms with Crippen molar-refractivity contribution in [2.45, 2.75) is 83.0 Å². The lowest BCUT2D eigenvalue weighted by atomic mass is 9.89. The fraction of sp³-hybridized carbons (Fsp3) is 0.750. The van der Waals surface area contributed by atoms with Crippen LogP contribution >= 0.6 is 0 Å². The summed E-state index contributed by atoms with van der Waals surface area (Å²) in [6, 6.07) is 0. The third kappa shape index (κ3) is 5.75. The number of hydrogen-bond acceptors (Lipinski definition) is 4. The van der Waals surface area contributed by atoms with E-state index in [0.717, 1.165) is 44.9 Å². The van der Waals surface area contributed by atoms with Crippen LogP contribution in [0.2, 0.25) is 0 Å². The van der Waals surface area contributed by atoms with Gasteiger partial charge in [-0.1, -0.05) is 50.5 Å². The first-order valence-corrected chi connectivity index (χ1v) is 9.50. The molecule has 1 heterocycles. The Labute approximate surface area is 145 Å². The SMILES string of the molecule is CCCCC[C@H](O)/C=C/[C@@H]1[C@H]2C/C=C\CCCC(=O)O[C@@H]2C[C@@H]1O. The van der Waals surface area contributed by atoms with Gasteiger partial charge in [-0.15, -0.1) is 0 Å². The maximum absolute atomic E-state index is 11.9. The van der Waals surface area contributed by atoms with E-state index in [1.54, 1.807) is 0 Å². The van der Waals surface area contributed by atoms with Crippen molar-refractivity contribution in [3.8, 4) is 0 Å². The summed E-state index contributed by atoms with van der Waals surface area (Å²) in [5.41, 5.74) is 0. The van der Waals surface area contributed by atoms with Crippen LogP contribution in [0.5, 0.6) is 0 Å². The van der Waals surface area contributed by atoms with Gasteiger partial charge in [0.25, 0.3) is 0 Å². The molecule has 1 saturated carbocycles. The molecule has 0 radical (unpaired) electrons. The smallest absolute Gasteiger partial charge is 0.306 e. The van der Waals surface area contributed by atoms with Crippen molar-refractivity contribution >= 4 is 5.97 Å². The van der Waals surface area contributed by atoms with Crippen molar-refractivity contribution in [2.75, 3.05) is 0 Å². The molecular weight excluding hydrogens is 304 g/mol. The van der Waals surface area contributed by atoms with Crippen LogP contribution in [-0.4, -0.2) is 34.5 Å². The maximum atomic E-state index is 11.9. The Morgan fingerprint density at radius 2 is 2.21 bits per heavy atom. The van der Waals surface area contributed by atoms with Crippen LogP contribution in [0.4, 0.5) is 0 Å². The molecule has 4 nitrogen and oxygen atoms in total. The number of allylic oxidation sites excluding steroid dienone is 2. The molecule has 1 fully saturated rings. The third-order valence-corrected chi connectivity index (χ3v) is 5.16. The van der Waals surface area contributed by atoms with E-state index < -0.39 is 12.2 Å². The molecule has 4 heteroatoms. The highest BCUT2D eigenvalue weighted by atomic mass is 16.5. The number of aliphatic hydroxyl groups excluding tert-OH is 2. The first-order valence-electron chi connectivity index (χ1n) is 9.50. The zero-order valence-electron chi connectivity index (χ0n) is 14.8.